The molecule has 0 unspecified atom stereocenters. The number of nitrogens with zero attached hydrogens (tertiary/aromatic N) is 2. The molecule has 1 N–H and O–H groups in total. The minimum absolute atomic E-state index is 0.00798. The number of halogens is 1. The summed E-state index contributed by atoms with van der Waals surface area (Å²) in [5.41, 5.74) is 2.12. The van der Waals surface area contributed by atoms with Gasteiger partial charge in [-0.1, -0.05) is 79.9 Å². The van der Waals surface area contributed by atoms with E-state index in [9.17, 15) is 24.1 Å². The van der Waals surface area contributed by atoms with Crippen molar-refractivity contribution in [2.24, 2.45) is 0 Å². The fourth-order valence-corrected chi connectivity index (χ4v) is 5.83. The highest BCUT2D eigenvalue weighted by atomic mass is 32.2. The highest BCUT2D eigenvalue weighted by molar-refractivity contribution is 7.99. The van der Waals surface area contributed by atoms with Crippen LogP contribution in [0, 0.1) is 15.9 Å². The van der Waals surface area contributed by atoms with Crippen LogP contribution in [-0.4, -0.2) is 39.5 Å². The van der Waals surface area contributed by atoms with Crippen LogP contribution < -0.4 is 5.32 Å². The van der Waals surface area contributed by atoms with Crippen LogP contribution >= 0.6 is 11.8 Å². The van der Waals surface area contributed by atoms with Crippen molar-refractivity contribution in [2.45, 2.75) is 62.9 Å². The molecular formula is C31H34FN3O4S. The van der Waals surface area contributed by atoms with Crippen LogP contribution in [0.2, 0.25) is 0 Å². The first-order chi connectivity index (χ1) is 19.4. The normalized spacial score (nSPS) is 14.3. The van der Waals surface area contributed by atoms with Crippen LogP contribution in [-0.2, 0) is 28.3 Å². The third-order valence-corrected chi connectivity index (χ3v) is 8.15. The quantitative estimate of drug-likeness (QED) is 0.214. The molecule has 7 nitrogen and oxygen atoms in total. The first-order valence-electron chi connectivity index (χ1n) is 13.6. The van der Waals surface area contributed by atoms with Gasteiger partial charge < -0.3 is 10.2 Å². The third kappa shape index (κ3) is 8.39. The average molecular weight is 564 g/mol. The number of benzene rings is 3. The maximum atomic E-state index is 14.7. The Morgan fingerprint density at radius 2 is 1.62 bits per heavy atom. The zero-order valence-corrected chi connectivity index (χ0v) is 23.2. The highest BCUT2D eigenvalue weighted by Crippen LogP contribution is 2.22. The van der Waals surface area contributed by atoms with E-state index in [1.807, 2.05) is 30.3 Å². The number of carbonyl (C=O) groups excluding carboxylic acids is 2. The van der Waals surface area contributed by atoms with Crippen LogP contribution in [0.4, 0.5) is 10.1 Å². The van der Waals surface area contributed by atoms with Crippen molar-refractivity contribution < 1.29 is 18.9 Å². The number of nitro benzene ring substituents is 1. The number of non-ortho nitro benzene ring substituents is 1. The molecule has 40 heavy (non-hydrogen) atoms. The van der Waals surface area contributed by atoms with E-state index >= 15 is 0 Å². The van der Waals surface area contributed by atoms with Crippen molar-refractivity contribution >= 4 is 29.3 Å². The molecule has 4 rings (SSSR count). The SMILES string of the molecule is O=C(NC1CCCCC1)[C@@H](Cc1ccccc1)N(Cc1ccccc1F)C(=O)CSCc1ccc([N+](=O)[O-])cc1. The Kier molecular flexibility index (Phi) is 10.7. The number of thioether (sulfide) groups is 1. The summed E-state index contributed by atoms with van der Waals surface area (Å²) < 4.78 is 14.7. The Labute approximate surface area is 238 Å². The second kappa shape index (κ2) is 14.6. The van der Waals surface area contributed by atoms with Crippen molar-refractivity contribution in [1.29, 1.82) is 0 Å². The Morgan fingerprint density at radius 1 is 0.950 bits per heavy atom. The summed E-state index contributed by atoms with van der Waals surface area (Å²) in [4.78, 5) is 39.5. The smallest absolute Gasteiger partial charge is 0.269 e. The van der Waals surface area contributed by atoms with Crippen molar-refractivity contribution in [3.8, 4) is 0 Å². The molecule has 1 atom stereocenters. The minimum atomic E-state index is -0.809. The van der Waals surface area contributed by atoms with Gasteiger partial charge in [0.2, 0.25) is 11.8 Å². The largest absolute Gasteiger partial charge is 0.352 e. The standard InChI is InChI=1S/C31H34FN3O4S/c32-28-14-8-7-11-25(28)20-34(30(36)22-40-21-24-15-17-27(18-16-24)35(38)39)29(19-23-9-3-1-4-10-23)31(37)33-26-12-5-2-6-13-26/h1,3-4,7-11,14-18,26,29H,2,5-6,12-13,19-22H2,(H,33,37)/t29-/m1/s1. The van der Waals surface area contributed by atoms with Gasteiger partial charge in [0.25, 0.3) is 5.69 Å². The van der Waals surface area contributed by atoms with Crippen LogP contribution in [0.1, 0.15) is 48.8 Å². The van der Waals surface area contributed by atoms with Crippen LogP contribution in [0.5, 0.6) is 0 Å². The number of nitrogens with one attached hydrogen (secondary N) is 1. The molecule has 3 aromatic carbocycles. The molecule has 2 amide bonds. The molecule has 0 heterocycles. The van der Waals surface area contributed by atoms with Gasteiger partial charge in [-0.05, 0) is 30.0 Å². The fraction of sp³-hybridized carbons (Fsp3) is 0.355. The number of amides is 2. The third-order valence-electron chi connectivity index (χ3n) is 7.16. The molecular weight excluding hydrogens is 529 g/mol. The van der Waals surface area contributed by atoms with E-state index in [1.165, 1.54) is 34.9 Å². The molecule has 0 spiro atoms. The van der Waals surface area contributed by atoms with Gasteiger partial charge in [0.1, 0.15) is 11.9 Å². The Morgan fingerprint density at radius 3 is 2.30 bits per heavy atom. The van der Waals surface area contributed by atoms with Gasteiger partial charge in [-0.25, -0.2) is 4.39 Å². The lowest BCUT2D eigenvalue weighted by molar-refractivity contribution is -0.384. The lowest BCUT2D eigenvalue weighted by Crippen LogP contribution is -2.53. The van der Waals surface area contributed by atoms with Gasteiger partial charge in [-0.15, -0.1) is 11.8 Å². The van der Waals surface area contributed by atoms with Gasteiger partial charge in [-0.3, -0.25) is 19.7 Å². The number of nitro groups is 1. The zero-order valence-electron chi connectivity index (χ0n) is 22.3. The molecule has 0 saturated heterocycles. The summed E-state index contributed by atoms with van der Waals surface area (Å²) in [5.74, 6) is -0.372. The van der Waals surface area contributed by atoms with Gasteiger partial charge in [0.05, 0.1) is 10.7 Å². The Bertz CT molecular complexity index is 1280. The molecule has 9 heteroatoms. The molecule has 1 fully saturated rings. The molecule has 210 valence electrons. The van der Waals surface area contributed by atoms with E-state index in [2.05, 4.69) is 5.32 Å². The summed E-state index contributed by atoms with van der Waals surface area (Å²) in [6.45, 7) is -0.0286. The monoisotopic (exact) mass is 563 g/mol. The van der Waals surface area contributed by atoms with Crippen LogP contribution in [0.3, 0.4) is 0 Å². The lowest BCUT2D eigenvalue weighted by Gasteiger charge is -2.33. The molecule has 1 saturated carbocycles. The molecule has 0 radical (unpaired) electrons. The number of hydrogen-bond donors (Lipinski definition) is 1. The zero-order chi connectivity index (χ0) is 28.3. The highest BCUT2D eigenvalue weighted by Gasteiger charge is 2.32. The average Bonchev–Trinajstić information content (AvgIpc) is 2.97. The summed E-state index contributed by atoms with van der Waals surface area (Å²) in [6.07, 6.45) is 5.42. The second-order valence-corrected chi connectivity index (χ2v) is 11.1. The van der Waals surface area contributed by atoms with E-state index < -0.39 is 16.8 Å². The van der Waals surface area contributed by atoms with Gasteiger partial charge in [-0.2, -0.15) is 0 Å². The molecule has 3 aromatic rings. The van der Waals surface area contributed by atoms with Crippen LogP contribution in [0.15, 0.2) is 78.9 Å². The topological polar surface area (TPSA) is 92.6 Å². The molecule has 0 aliphatic heterocycles. The Hall–Kier alpha value is -3.72. The van der Waals surface area contributed by atoms with Gasteiger partial charge >= 0.3 is 0 Å². The van der Waals surface area contributed by atoms with Crippen molar-refractivity contribution in [3.63, 3.8) is 0 Å². The fourth-order valence-electron chi connectivity index (χ4n) is 4.96. The predicted octanol–water partition coefficient (Wildman–Crippen LogP) is 6.06. The summed E-state index contributed by atoms with van der Waals surface area (Å²) in [6, 6.07) is 21.3. The maximum Gasteiger partial charge on any atom is 0.269 e. The second-order valence-electron chi connectivity index (χ2n) is 10.1. The number of hydrogen-bond acceptors (Lipinski definition) is 5. The summed E-state index contributed by atoms with van der Waals surface area (Å²) in [5, 5.41) is 14.1. The predicted molar refractivity (Wildman–Crippen MR) is 155 cm³/mol. The molecule has 0 aromatic heterocycles. The molecule has 1 aliphatic rings. The Balaban J connectivity index is 1.55. The van der Waals surface area contributed by atoms with E-state index in [1.54, 1.807) is 30.3 Å². The van der Waals surface area contributed by atoms with E-state index in [4.69, 9.17) is 0 Å². The number of rotatable bonds is 12. The lowest BCUT2D eigenvalue weighted by atomic mass is 9.94. The van der Waals surface area contributed by atoms with Gasteiger partial charge in [0, 0.05) is 42.5 Å². The first-order valence-corrected chi connectivity index (χ1v) is 14.7. The van der Waals surface area contributed by atoms with Crippen molar-refractivity contribution in [1.82, 2.24) is 10.2 Å². The minimum Gasteiger partial charge on any atom is -0.352 e. The van der Waals surface area contributed by atoms with Crippen molar-refractivity contribution in [2.75, 3.05) is 5.75 Å². The van der Waals surface area contributed by atoms with Crippen LogP contribution in [0.25, 0.3) is 0 Å². The summed E-state index contributed by atoms with van der Waals surface area (Å²) >= 11 is 1.36. The van der Waals surface area contributed by atoms with E-state index in [-0.39, 0.29) is 35.8 Å². The van der Waals surface area contributed by atoms with Gasteiger partial charge in [0.15, 0.2) is 0 Å². The summed E-state index contributed by atoms with van der Waals surface area (Å²) in [7, 11) is 0. The first kappa shape index (κ1) is 29.3. The molecule has 0 bridgehead atoms. The maximum absolute atomic E-state index is 14.7. The van der Waals surface area contributed by atoms with E-state index in [0.717, 1.165) is 43.2 Å². The number of carbonyl (C=O) groups is 2. The molecule has 1 aliphatic carbocycles. The van der Waals surface area contributed by atoms with Crippen molar-refractivity contribution in [3.05, 3.63) is 111 Å². The van der Waals surface area contributed by atoms with E-state index in [0.29, 0.717) is 17.7 Å².